The molecule has 1 amide bonds. The highest BCUT2D eigenvalue weighted by Gasteiger charge is 2.37. The fourth-order valence-corrected chi connectivity index (χ4v) is 4.05. The number of nitrogens with zero attached hydrogens (tertiary/aromatic N) is 3. The molecule has 1 aromatic carbocycles. The van der Waals surface area contributed by atoms with E-state index in [4.69, 9.17) is 4.74 Å². The van der Waals surface area contributed by atoms with Crippen LogP contribution >= 0.6 is 0 Å². The zero-order valence-electron chi connectivity index (χ0n) is 14.6. The maximum atomic E-state index is 13.0. The van der Waals surface area contributed by atoms with Gasteiger partial charge in [0.1, 0.15) is 12.2 Å². The first kappa shape index (κ1) is 16.3. The largest absolute Gasteiger partial charge is 0.380 e. The fraction of sp³-hybridized carbons (Fsp3) is 0.526. The second-order valence-corrected chi connectivity index (χ2v) is 7.01. The first-order chi connectivity index (χ1) is 12.2. The van der Waals surface area contributed by atoms with Crippen LogP contribution in [0.15, 0.2) is 24.5 Å². The number of nitrogens with one attached hydrogen (secondary N) is 1. The van der Waals surface area contributed by atoms with Gasteiger partial charge in [0.15, 0.2) is 0 Å². The van der Waals surface area contributed by atoms with Crippen molar-refractivity contribution in [1.82, 2.24) is 20.1 Å². The highest BCUT2D eigenvalue weighted by molar-refractivity contribution is 5.79. The summed E-state index contributed by atoms with van der Waals surface area (Å²) in [5.41, 5.74) is 3.96. The van der Waals surface area contributed by atoms with E-state index in [1.54, 1.807) is 7.11 Å². The normalized spacial score (nSPS) is 22.8. The Morgan fingerprint density at radius 1 is 1.32 bits per heavy atom. The molecule has 1 fully saturated rings. The topological polar surface area (TPSA) is 71.1 Å². The van der Waals surface area contributed by atoms with Gasteiger partial charge in [-0.05, 0) is 42.4 Å². The summed E-state index contributed by atoms with van der Waals surface area (Å²) >= 11 is 0. The van der Waals surface area contributed by atoms with E-state index >= 15 is 0 Å². The summed E-state index contributed by atoms with van der Waals surface area (Å²) in [6, 6.07) is 6.44. The lowest BCUT2D eigenvalue weighted by atomic mass is 9.90. The molecule has 4 rings (SSSR count). The lowest BCUT2D eigenvalue weighted by Crippen LogP contribution is -2.33. The van der Waals surface area contributed by atoms with Gasteiger partial charge in [-0.2, -0.15) is 5.10 Å². The van der Waals surface area contributed by atoms with E-state index in [1.165, 1.54) is 36.7 Å². The van der Waals surface area contributed by atoms with Crippen LogP contribution in [-0.2, 0) is 28.8 Å². The SMILES string of the molecule is CO[C@@H]1C[C@@H](c2ncn[nH]2)N(C(=O)Cc2ccc3c(c2)CCCC3)C1. The zero-order chi connectivity index (χ0) is 17.2. The molecule has 0 spiro atoms. The summed E-state index contributed by atoms with van der Waals surface area (Å²) in [4.78, 5) is 19.1. The number of rotatable bonds is 4. The van der Waals surface area contributed by atoms with Crippen LogP contribution in [0.5, 0.6) is 0 Å². The molecular formula is C19H24N4O2. The molecule has 6 heteroatoms. The molecule has 1 saturated heterocycles. The van der Waals surface area contributed by atoms with E-state index in [0.29, 0.717) is 13.0 Å². The molecule has 25 heavy (non-hydrogen) atoms. The molecule has 2 aliphatic rings. The maximum Gasteiger partial charge on any atom is 0.227 e. The summed E-state index contributed by atoms with van der Waals surface area (Å²) in [6.07, 6.45) is 7.53. The fourth-order valence-electron chi connectivity index (χ4n) is 4.05. The Labute approximate surface area is 147 Å². The van der Waals surface area contributed by atoms with Gasteiger partial charge in [-0.1, -0.05) is 18.2 Å². The molecule has 1 aliphatic carbocycles. The minimum atomic E-state index is -0.0856. The number of likely N-dealkylation sites (tertiary alicyclic amines) is 1. The molecule has 2 aromatic rings. The van der Waals surface area contributed by atoms with Gasteiger partial charge in [0.05, 0.1) is 18.6 Å². The minimum absolute atomic E-state index is 0.0441. The third-order valence-corrected chi connectivity index (χ3v) is 5.43. The monoisotopic (exact) mass is 340 g/mol. The van der Waals surface area contributed by atoms with Gasteiger partial charge in [-0.15, -0.1) is 0 Å². The van der Waals surface area contributed by atoms with Gasteiger partial charge < -0.3 is 9.64 Å². The molecule has 1 aliphatic heterocycles. The van der Waals surface area contributed by atoms with Crippen LogP contribution in [0.25, 0.3) is 0 Å². The number of ether oxygens (including phenoxy) is 1. The number of aromatic amines is 1. The van der Waals surface area contributed by atoms with Gasteiger partial charge in [-0.3, -0.25) is 9.89 Å². The third-order valence-electron chi connectivity index (χ3n) is 5.43. The molecule has 1 N–H and O–H groups in total. The molecule has 0 radical (unpaired) electrons. The van der Waals surface area contributed by atoms with Gasteiger partial charge in [0.2, 0.25) is 5.91 Å². The molecule has 2 heterocycles. The highest BCUT2D eigenvalue weighted by Crippen LogP contribution is 2.32. The average molecular weight is 340 g/mol. The van der Waals surface area contributed by atoms with Crippen LogP contribution in [0.4, 0.5) is 0 Å². The van der Waals surface area contributed by atoms with E-state index in [1.807, 2.05) is 4.90 Å². The van der Waals surface area contributed by atoms with Crippen LogP contribution in [0.1, 0.15) is 47.8 Å². The van der Waals surface area contributed by atoms with Crippen LogP contribution in [0, 0.1) is 0 Å². The first-order valence-electron chi connectivity index (χ1n) is 9.03. The summed E-state index contributed by atoms with van der Waals surface area (Å²) < 4.78 is 5.49. The van der Waals surface area contributed by atoms with Crippen molar-refractivity contribution in [2.75, 3.05) is 13.7 Å². The Morgan fingerprint density at radius 3 is 2.92 bits per heavy atom. The second kappa shape index (κ2) is 6.96. The molecule has 0 bridgehead atoms. The highest BCUT2D eigenvalue weighted by atomic mass is 16.5. The molecular weight excluding hydrogens is 316 g/mol. The lowest BCUT2D eigenvalue weighted by molar-refractivity contribution is -0.131. The van der Waals surface area contributed by atoms with Crippen LogP contribution < -0.4 is 0 Å². The van der Waals surface area contributed by atoms with E-state index in [9.17, 15) is 4.79 Å². The average Bonchev–Trinajstić information content (AvgIpc) is 3.30. The Hall–Kier alpha value is -2.21. The van der Waals surface area contributed by atoms with E-state index < -0.39 is 0 Å². The number of fused-ring (bicyclic) bond motifs is 1. The quantitative estimate of drug-likeness (QED) is 0.926. The zero-order valence-corrected chi connectivity index (χ0v) is 14.6. The maximum absolute atomic E-state index is 13.0. The number of hydrogen-bond donors (Lipinski definition) is 1. The van der Waals surface area contributed by atoms with E-state index in [-0.39, 0.29) is 18.1 Å². The van der Waals surface area contributed by atoms with Crippen LogP contribution in [0.2, 0.25) is 0 Å². The molecule has 6 nitrogen and oxygen atoms in total. The van der Waals surface area contributed by atoms with Crippen LogP contribution in [-0.4, -0.2) is 45.7 Å². The lowest BCUT2D eigenvalue weighted by Gasteiger charge is -2.23. The number of aromatic nitrogens is 3. The van der Waals surface area contributed by atoms with Gasteiger partial charge >= 0.3 is 0 Å². The number of amides is 1. The van der Waals surface area contributed by atoms with Crippen molar-refractivity contribution in [3.63, 3.8) is 0 Å². The summed E-state index contributed by atoms with van der Waals surface area (Å²) in [5.74, 6) is 0.857. The van der Waals surface area contributed by atoms with Gasteiger partial charge in [-0.25, -0.2) is 4.98 Å². The van der Waals surface area contributed by atoms with Crippen LogP contribution in [0.3, 0.4) is 0 Å². The number of hydrogen-bond acceptors (Lipinski definition) is 4. The van der Waals surface area contributed by atoms with Crippen molar-refractivity contribution in [2.24, 2.45) is 0 Å². The minimum Gasteiger partial charge on any atom is -0.380 e. The van der Waals surface area contributed by atoms with Crippen molar-refractivity contribution >= 4 is 5.91 Å². The Morgan fingerprint density at radius 2 is 2.16 bits per heavy atom. The smallest absolute Gasteiger partial charge is 0.227 e. The number of benzene rings is 1. The standard InChI is InChI=1S/C19H24N4O2/c1-25-16-10-17(19-20-12-21-22-19)23(11-16)18(24)9-13-6-7-14-4-2-3-5-15(14)8-13/h6-8,12,16-17H,2-5,9-11H2,1H3,(H,20,21,22)/t16-,17+/m1/s1. The van der Waals surface area contributed by atoms with Crippen molar-refractivity contribution in [1.29, 1.82) is 0 Å². The molecule has 2 atom stereocenters. The third kappa shape index (κ3) is 3.31. The Bertz CT molecular complexity index is 744. The van der Waals surface area contributed by atoms with Crippen molar-refractivity contribution in [3.05, 3.63) is 47.0 Å². The van der Waals surface area contributed by atoms with Crippen molar-refractivity contribution in [3.8, 4) is 0 Å². The number of methoxy groups -OCH3 is 1. The van der Waals surface area contributed by atoms with Crippen molar-refractivity contribution < 1.29 is 9.53 Å². The van der Waals surface area contributed by atoms with E-state index in [2.05, 4.69) is 33.4 Å². The number of aryl methyl sites for hydroxylation is 2. The molecule has 0 unspecified atom stereocenters. The van der Waals surface area contributed by atoms with Crippen molar-refractivity contribution in [2.45, 2.75) is 50.7 Å². The molecule has 132 valence electrons. The predicted octanol–water partition coefficient (Wildman–Crippen LogP) is 2.21. The number of carbonyl (C=O) groups excluding carboxylic acids is 1. The first-order valence-corrected chi connectivity index (χ1v) is 9.03. The number of carbonyl (C=O) groups is 1. The predicted molar refractivity (Wildman–Crippen MR) is 93.0 cm³/mol. The summed E-state index contributed by atoms with van der Waals surface area (Å²) in [7, 11) is 1.69. The van der Waals surface area contributed by atoms with Gasteiger partial charge in [0, 0.05) is 20.1 Å². The van der Waals surface area contributed by atoms with E-state index in [0.717, 1.165) is 24.2 Å². The van der Waals surface area contributed by atoms with Gasteiger partial charge in [0.25, 0.3) is 0 Å². The Balaban J connectivity index is 1.51. The molecule has 1 aromatic heterocycles. The molecule has 0 saturated carbocycles. The summed E-state index contributed by atoms with van der Waals surface area (Å²) in [6.45, 7) is 0.603. The number of H-pyrrole nitrogens is 1. The summed E-state index contributed by atoms with van der Waals surface area (Å²) in [5, 5.41) is 6.83. The Kier molecular flexibility index (Phi) is 4.53. The second-order valence-electron chi connectivity index (χ2n) is 7.01.